The lowest BCUT2D eigenvalue weighted by Crippen LogP contribution is -2.46. The van der Waals surface area contributed by atoms with Crippen LogP contribution >= 0.6 is 0 Å². The zero-order valence-electron chi connectivity index (χ0n) is 15.3. The van der Waals surface area contributed by atoms with Crippen molar-refractivity contribution in [1.29, 1.82) is 0 Å². The van der Waals surface area contributed by atoms with Gasteiger partial charge in [-0.2, -0.15) is 8.78 Å². The van der Waals surface area contributed by atoms with Crippen LogP contribution in [-0.2, 0) is 15.4 Å². The monoisotopic (exact) mass is 373 g/mol. The van der Waals surface area contributed by atoms with Crippen LogP contribution in [0.15, 0.2) is 30.3 Å². The summed E-state index contributed by atoms with van der Waals surface area (Å²) >= 11 is 0. The van der Waals surface area contributed by atoms with E-state index in [-0.39, 0.29) is 18.4 Å². The molecule has 146 valence electrons. The van der Waals surface area contributed by atoms with E-state index in [0.717, 1.165) is 0 Å². The van der Waals surface area contributed by atoms with Gasteiger partial charge in [-0.1, -0.05) is 30.3 Å². The topological polar surface area (TPSA) is 47.6 Å². The molecule has 0 unspecified atom stereocenters. The number of rotatable bonds is 5. The molecule has 1 aromatic rings. The van der Waals surface area contributed by atoms with Gasteiger partial charge in [0.25, 0.3) is 5.92 Å². The third-order valence-corrected chi connectivity index (χ3v) is 4.11. The SMILES string of the molecule is CC(C)(C)OC(=O)N[C@H]1CC[C@H](OCC(F)(F)c2ccccc2)[C@@H](F)C1. The number of halogens is 3. The standard InChI is InChI=1S/C19H26F3NO3/c1-18(2,3)26-17(24)23-14-9-10-16(15(20)11-14)25-12-19(21,22)13-7-5-4-6-8-13/h4-8,14-16H,9-12H2,1-3H3,(H,23,24)/t14-,15-,16-/m0/s1. The number of alkyl carbamates (subject to hydrolysis) is 1. The molecule has 1 aliphatic rings. The summed E-state index contributed by atoms with van der Waals surface area (Å²) in [5.74, 6) is -3.17. The zero-order chi connectivity index (χ0) is 19.4. The van der Waals surface area contributed by atoms with Crippen molar-refractivity contribution in [2.24, 2.45) is 0 Å². The molecule has 3 atom stereocenters. The first-order chi connectivity index (χ1) is 12.1. The van der Waals surface area contributed by atoms with Crippen molar-refractivity contribution in [2.45, 2.75) is 69.9 Å². The number of alkyl halides is 3. The van der Waals surface area contributed by atoms with Crippen LogP contribution in [0.25, 0.3) is 0 Å². The number of nitrogens with one attached hydrogen (secondary N) is 1. The number of benzene rings is 1. The van der Waals surface area contributed by atoms with E-state index in [1.165, 1.54) is 24.3 Å². The van der Waals surface area contributed by atoms with Gasteiger partial charge in [-0.3, -0.25) is 0 Å². The highest BCUT2D eigenvalue weighted by atomic mass is 19.3. The van der Waals surface area contributed by atoms with Gasteiger partial charge in [-0.05, 0) is 33.6 Å². The molecule has 1 N–H and O–H groups in total. The van der Waals surface area contributed by atoms with Crippen molar-refractivity contribution in [1.82, 2.24) is 5.32 Å². The number of carbonyl (C=O) groups is 1. The Hall–Kier alpha value is -1.76. The third kappa shape index (κ3) is 6.20. The Labute approximate surface area is 152 Å². The Morgan fingerprint density at radius 3 is 2.42 bits per heavy atom. The van der Waals surface area contributed by atoms with Gasteiger partial charge in [0.2, 0.25) is 0 Å². The second-order valence-electron chi connectivity index (χ2n) is 7.59. The van der Waals surface area contributed by atoms with Crippen LogP contribution in [0.2, 0.25) is 0 Å². The van der Waals surface area contributed by atoms with E-state index in [2.05, 4.69) is 5.32 Å². The van der Waals surface area contributed by atoms with Crippen molar-refractivity contribution < 1.29 is 27.4 Å². The van der Waals surface area contributed by atoms with E-state index in [1.54, 1.807) is 26.8 Å². The molecule has 0 heterocycles. The normalized spacial score (nSPS) is 24.2. The number of hydrogen-bond donors (Lipinski definition) is 1. The minimum Gasteiger partial charge on any atom is -0.444 e. The summed E-state index contributed by atoms with van der Waals surface area (Å²) in [4.78, 5) is 11.7. The molecular formula is C19H26F3NO3. The van der Waals surface area contributed by atoms with Crippen molar-refractivity contribution >= 4 is 6.09 Å². The first-order valence-corrected chi connectivity index (χ1v) is 8.75. The van der Waals surface area contributed by atoms with Gasteiger partial charge in [0.1, 0.15) is 18.4 Å². The lowest BCUT2D eigenvalue weighted by atomic mass is 9.91. The minimum atomic E-state index is -3.17. The molecule has 1 fully saturated rings. The fourth-order valence-electron chi connectivity index (χ4n) is 2.86. The molecule has 0 aliphatic heterocycles. The van der Waals surface area contributed by atoms with E-state index in [4.69, 9.17) is 9.47 Å². The van der Waals surface area contributed by atoms with E-state index >= 15 is 0 Å². The Morgan fingerprint density at radius 1 is 1.19 bits per heavy atom. The molecule has 1 aliphatic carbocycles. The van der Waals surface area contributed by atoms with Crippen LogP contribution in [0.4, 0.5) is 18.0 Å². The molecule has 0 saturated heterocycles. The molecular weight excluding hydrogens is 347 g/mol. The molecule has 1 aromatic carbocycles. The van der Waals surface area contributed by atoms with E-state index in [9.17, 15) is 18.0 Å². The predicted molar refractivity (Wildman–Crippen MR) is 92.0 cm³/mol. The van der Waals surface area contributed by atoms with Crippen LogP contribution in [0.5, 0.6) is 0 Å². The van der Waals surface area contributed by atoms with Crippen molar-refractivity contribution in [3.63, 3.8) is 0 Å². The fraction of sp³-hybridized carbons (Fsp3) is 0.632. The van der Waals surface area contributed by atoms with Crippen molar-refractivity contribution in [3.8, 4) is 0 Å². The molecule has 0 spiro atoms. The lowest BCUT2D eigenvalue weighted by molar-refractivity contribution is -0.127. The van der Waals surface area contributed by atoms with Gasteiger partial charge in [-0.15, -0.1) is 0 Å². The highest BCUT2D eigenvalue weighted by molar-refractivity contribution is 5.68. The maximum absolute atomic E-state index is 14.3. The van der Waals surface area contributed by atoms with Crippen LogP contribution in [-0.4, -0.2) is 36.6 Å². The first-order valence-electron chi connectivity index (χ1n) is 8.75. The molecule has 0 aromatic heterocycles. The van der Waals surface area contributed by atoms with E-state index in [1.807, 2.05) is 0 Å². The van der Waals surface area contributed by atoms with Gasteiger partial charge >= 0.3 is 6.09 Å². The smallest absolute Gasteiger partial charge is 0.407 e. The quantitative estimate of drug-likeness (QED) is 0.822. The third-order valence-electron chi connectivity index (χ3n) is 4.11. The minimum absolute atomic E-state index is 0.0147. The molecule has 2 rings (SSSR count). The van der Waals surface area contributed by atoms with Gasteiger partial charge < -0.3 is 14.8 Å². The number of hydrogen-bond acceptors (Lipinski definition) is 3. The average molecular weight is 373 g/mol. The maximum Gasteiger partial charge on any atom is 0.407 e. The van der Waals surface area contributed by atoms with Gasteiger partial charge in [-0.25, -0.2) is 9.18 Å². The number of ether oxygens (including phenoxy) is 2. The van der Waals surface area contributed by atoms with E-state index in [0.29, 0.717) is 6.42 Å². The summed E-state index contributed by atoms with van der Waals surface area (Å²) in [5, 5.41) is 2.62. The fourth-order valence-corrected chi connectivity index (χ4v) is 2.86. The van der Waals surface area contributed by atoms with E-state index < -0.39 is 42.5 Å². The largest absolute Gasteiger partial charge is 0.444 e. The second-order valence-corrected chi connectivity index (χ2v) is 7.59. The molecule has 1 amide bonds. The van der Waals surface area contributed by atoms with Crippen LogP contribution in [0.3, 0.4) is 0 Å². The van der Waals surface area contributed by atoms with Gasteiger partial charge in [0.15, 0.2) is 0 Å². The highest BCUT2D eigenvalue weighted by Gasteiger charge is 2.37. The van der Waals surface area contributed by atoms with Crippen LogP contribution in [0, 0.1) is 0 Å². The summed E-state index contributed by atoms with van der Waals surface area (Å²) in [6.07, 6.45) is -2.21. The zero-order valence-corrected chi connectivity index (χ0v) is 15.3. The highest BCUT2D eigenvalue weighted by Crippen LogP contribution is 2.31. The lowest BCUT2D eigenvalue weighted by Gasteiger charge is -2.33. The molecule has 26 heavy (non-hydrogen) atoms. The number of carbonyl (C=O) groups excluding carboxylic acids is 1. The molecule has 1 saturated carbocycles. The summed E-state index contributed by atoms with van der Waals surface area (Å²) in [5.41, 5.74) is -0.793. The van der Waals surface area contributed by atoms with Gasteiger partial charge in [0, 0.05) is 18.0 Å². The summed E-state index contributed by atoms with van der Waals surface area (Å²) in [6, 6.07) is 6.94. The molecule has 4 nitrogen and oxygen atoms in total. The average Bonchev–Trinajstić information content (AvgIpc) is 2.53. The molecule has 7 heteroatoms. The van der Waals surface area contributed by atoms with Crippen molar-refractivity contribution in [3.05, 3.63) is 35.9 Å². The van der Waals surface area contributed by atoms with Gasteiger partial charge in [0.05, 0.1) is 6.10 Å². The van der Waals surface area contributed by atoms with Crippen LogP contribution < -0.4 is 5.32 Å². The summed E-state index contributed by atoms with van der Waals surface area (Å²) < 4.78 is 52.9. The second kappa shape index (κ2) is 8.29. The Balaban J connectivity index is 1.81. The molecule has 0 bridgehead atoms. The summed E-state index contributed by atoms with van der Waals surface area (Å²) in [6.45, 7) is 4.35. The molecule has 0 radical (unpaired) electrons. The maximum atomic E-state index is 14.3. The Kier molecular flexibility index (Phi) is 6.55. The Morgan fingerprint density at radius 2 is 1.85 bits per heavy atom. The van der Waals surface area contributed by atoms with Crippen molar-refractivity contribution in [2.75, 3.05) is 6.61 Å². The Bertz CT molecular complexity index is 589. The van der Waals surface area contributed by atoms with Crippen LogP contribution in [0.1, 0.15) is 45.6 Å². The number of amides is 1. The predicted octanol–water partition coefficient (Wildman–Crippen LogP) is 4.58. The summed E-state index contributed by atoms with van der Waals surface area (Å²) in [7, 11) is 0. The first kappa shape index (κ1) is 20.6.